The van der Waals surface area contributed by atoms with Gasteiger partial charge in [0, 0.05) is 25.4 Å². The quantitative estimate of drug-likeness (QED) is 0.840. The van der Waals surface area contributed by atoms with Gasteiger partial charge in [0.15, 0.2) is 0 Å². The zero-order valence-corrected chi connectivity index (χ0v) is 12.3. The number of rotatable bonds is 2. The van der Waals surface area contributed by atoms with Crippen LogP contribution >= 0.6 is 15.9 Å². The Kier molecular flexibility index (Phi) is 4.52. The van der Waals surface area contributed by atoms with E-state index in [2.05, 4.69) is 26.2 Å². The maximum Gasteiger partial charge on any atom is 0.254 e. The predicted octanol–water partition coefficient (Wildman–Crippen LogP) is 1.58. The van der Waals surface area contributed by atoms with Gasteiger partial charge in [0.1, 0.15) is 10.6 Å². The highest BCUT2D eigenvalue weighted by molar-refractivity contribution is 9.10. The number of nitrogens with one attached hydrogen (secondary N) is 1. The second kappa shape index (κ2) is 6.14. The molecule has 6 heteroatoms. The van der Waals surface area contributed by atoms with Crippen LogP contribution < -0.4 is 5.32 Å². The van der Waals surface area contributed by atoms with Crippen LogP contribution in [0.3, 0.4) is 0 Å². The van der Waals surface area contributed by atoms with Crippen LogP contribution in [0.2, 0.25) is 0 Å². The Morgan fingerprint density at radius 3 is 2.95 bits per heavy atom. The van der Waals surface area contributed by atoms with E-state index in [9.17, 15) is 9.59 Å². The summed E-state index contributed by atoms with van der Waals surface area (Å²) >= 11 is 3.25. The number of nitrogens with zero attached hydrogens (tertiary/aromatic N) is 2. The van der Waals surface area contributed by atoms with Crippen LogP contribution in [0.1, 0.15) is 29.6 Å². The van der Waals surface area contributed by atoms with E-state index in [-0.39, 0.29) is 17.9 Å². The summed E-state index contributed by atoms with van der Waals surface area (Å²) in [5.74, 6) is -0.211. The van der Waals surface area contributed by atoms with Gasteiger partial charge in [0.05, 0.1) is 0 Å². The summed E-state index contributed by atoms with van der Waals surface area (Å²) in [4.78, 5) is 30.0. The van der Waals surface area contributed by atoms with E-state index in [1.165, 1.54) is 0 Å². The van der Waals surface area contributed by atoms with Crippen LogP contribution in [0.5, 0.6) is 0 Å². The van der Waals surface area contributed by atoms with Crippen LogP contribution in [0.4, 0.5) is 0 Å². The summed E-state index contributed by atoms with van der Waals surface area (Å²) in [5, 5.41) is 2.63. The summed E-state index contributed by atoms with van der Waals surface area (Å²) in [5.41, 5.74) is 0.553. The molecule has 0 radical (unpaired) electrons. The molecule has 19 heavy (non-hydrogen) atoms. The number of amides is 2. The second-order valence-electron chi connectivity index (χ2n) is 4.49. The van der Waals surface area contributed by atoms with Crippen LogP contribution in [0.25, 0.3) is 0 Å². The first-order chi connectivity index (χ1) is 9.13. The molecule has 0 aliphatic carbocycles. The lowest BCUT2D eigenvalue weighted by molar-refractivity contribution is -0.126. The van der Waals surface area contributed by atoms with Gasteiger partial charge in [-0.25, -0.2) is 4.98 Å². The fourth-order valence-corrected chi connectivity index (χ4v) is 2.68. The molecule has 5 nitrogen and oxygen atoms in total. The fraction of sp³-hybridized carbons (Fsp3) is 0.462. The Morgan fingerprint density at radius 1 is 1.47 bits per heavy atom. The van der Waals surface area contributed by atoms with Crippen molar-refractivity contribution >= 4 is 27.7 Å². The molecule has 0 spiro atoms. The number of likely N-dealkylation sites (tertiary alicyclic amines) is 1. The summed E-state index contributed by atoms with van der Waals surface area (Å²) in [6.07, 6.45) is 4.21. The topological polar surface area (TPSA) is 62.3 Å². The van der Waals surface area contributed by atoms with Gasteiger partial charge < -0.3 is 10.2 Å². The standard InChI is InChI=1S/C13H16BrN3O2/c1-15-12(18)10-4-2-3-7-17(10)13(19)9-5-6-16-11(14)8-9/h5-6,8,10H,2-4,7H2,1H3,(H,15,18). The molecule has 1 atom stereocenters. The number of hydrogen-bond donors (Lipinski definition) is 1. The molecule has 1 saturated heterocycles. The molecule has 1 fully saturated rings. The molecule has 1 aromatic heterocycles. The summed E-state index contributed by atoms with van der Waals surface area (Å²) in [6, 6.07) is 2.98. The highest BCUT2D eigenvalue weighted by Gasteiger charge is 2.32. The van der Waals surface area contributed by atoms with E-state index in [4.69, 9.17) is 0 Å². The average Bonchev–Trinajstić information content (AvgIpc) is 2.45. The summed E-state index contributed by atoms with van der Waals surface area (Å²) < 4.78 is 0.617. The minimum Gasteiger partial charge on any atom is -0.357 e. The molecule has 2 rings (SSSR count). The van der Waals surface area contributed by atoms with E-state index < -0.39 is 0 Å². The molecule has 0 aromatic carbocycles. The fourth-order valence-electron chi connectivity index (χ4n) is 2.32. The lowest BCUT2D eigenvalue weighted by Crippen LogP contribution is -2.51. The van der Waals surface area contributed by atoms with Gasteiger partial charge in [0.25, 0.3) is 5.91 Å². The number of likely N-dealkylation sites (N-methyl/N-ethyl adjacent to an activating group) is 1. The van der Waals surface area contributed by atoms with Gasteiger partial charge in [-0.05, 0) is 47.3 Å². The Labute approximate surface area is 120 Å². The largest absolute Gasteiger partial charge is 0.357 e. The van der Waals surface area contributed by atoms with Crippen molar-refractivity contribution < 1.29 is 9.59 Å². The lowest BCUT2D eigenvalue weighted by atomic mass is 10.0. The Balaban J connectivity index is 2.22. The third-order valence-corrected chi connectivity index (χ3v) is 3.72. The third-order valence-electron chi connectivity index (χ3n) is 3.29. The number of piperidine rings is 1. The highest BCUT2D eigenvalue weighted by atomic mass is 79.9. The van der Waals surface area contributed by atoms with Gasteiger partial charge in [0.2, 0.25) is 5.91 Å². The summed E-state index contributed by atoms with van der Waals surface area (Å²) in [7, 11) is 1.60. The normalized spacial score (nSPS) is 19.1. The van der Waals surface area contributed by atoms with Crippen molar-refractivity contribution in [3.63, 3.8) is 0 Å². The molecule has 1 N–H and O–H groups in total. The molecule has 102 valence electrons. The Bertz CT molecular complexity index is 493. The number of pyridine rings is 1. The maximum atomic E-state index is 12.5. The van der Waals surface area contributed by atoms with Crippen molar-refractivity contribution in [2.45, 2.75) is 25.3 Å². The number of aromatic nitrogens is 1. The second-order valence-corrected chi connectivity index (χ2v) is 5.30. The van der Waals surface area contributed by atoms with Crippen molar-refractivity contribution in [2.24, 2.45) is 0 Å². The van der Waals surface area contributed by atoms with Crippen molar-refractivity contribution in [3.05, 3.63) is 28.5 Å². The van der Waals surface area contributed by atoms with Gasteiger partial charge in [-0.15, -0.1) is 0 Å². The molecule has 0 bridgehead atoms. The van der Waals surface area contributed by atoms with Gasteiger partial charge >= 0.3 is 0 Å². The molecular weight excluding hydrogens is 310 g/mol. The first kappa shape index (κ1) is 14.0. The van der Waals surface area contributed by atoms with Crippen molar-refractivity contribution in [1.29, 1.82) is 0 Å². The summed E-state index contributed by atoms with van der Waals surface area (Å²) in [6.45, 7) is 0.622. The highest BCUT2D eigenvalue weighted by Crippen LogP contribution is 2.20. The Hall–Kier alpha value is -1.43. The lowest BCUT2D eigenvalue weighted by Gasteiger charge is -2.34. The molecule has 1 aliphatic rings. The average molecular weight is 326 g/mol. The number of carbonyl (C=O) groups excluding carboxylic acids is 2. The first-order valence-electron chi connectivity index (χ1n) is 6.27. The first-order valence-corrected chi connectivity index (χ1v) is 7.07. The van der Waals surface area contributed by atoms with Gasteiger partial charge in [-0.3, -0.25) is 9.59 Å². The molecular formula is C13H16BrN3O2. The number of carbonyl (C=O) groups is 2. The molecule has 1 aliphatic heterocycles. The van der Waals surface area contributed by atoms with E-state index in [0.29, 0.717) is 16.7 Å². The third kappa shape index (κ3) is 3.12. The van der Waals surface area contributed by atoms with Crippen LogP contribution in [-0.2, 0) is 4.79 Å². The molecule has 2 amide bonds. The number of hydrogen-bond acceptors (Lipinski definition) is 3. The van der Waals surface area contributed by atoms with Crippen LogP contribution in [-0.4, -0.2) is 41.3 Å². The predicted molar refractivity (Wildman–Crippen MR) is 74.7 cm³/mol. The van der Waals surface area contributed by atoms with E-state index in [1.807, 2.05) is 0 Å². The van der Waals surface area contributed by atoms with E-state index in [1.54, 1.807) is 30.3 Å². The Morgan fingerprint density at radius 2 is 2.26 bits per heavy atom. The van der Waals surface area contributed by atoms with Crippen LogP contribution in [0, 0.1) is 0 Å². The zero-order valence-electron chi connectivity index (χ0n) is 10.7. The minimum atomic E-state index is -0.363. The molecule has 1 aromatic rings. The monoisotopic (exact) mass is 325 g/mol. The SMILES string of the molecule is CNC(=O)C1CCCCN1C(=O)c1ccnc(Br)c1. The zero-order chi connectivity index (χ0) is 13.8. The minimum absolute atomic E-state index is 0.0961. The van der Waals surface area contributed by atoms with Gasteiger partial charge in [-0.2, -0.15) is 0 Å². The van der Waals surface area contributed by atoms with Crippen molar-refractivity contribution in [3.8, 4) is 0 Å². The molecule has 1 unspecified atom stereocenters. The van der Waals surface area contributed by atoms with E-state index in [0.717, 1.165) is 19.3 Å². The smallest absolute Gasteiger partial charge is 0.254 e. The van der Waals surface area contributed by atoms with Crippen molar-refractivity contribution in [1.82, 2.24) is 15.2 Å². The number of halogens is 1. The molecule has 0 saturated carbocycles. The van der Waals surface area contributed by atoms with Gasteiger partial charge in [-0.1, -0.05) is 0 Å². The van der Waals surface area contributed by atoms with E-state index >= 15 is 0 Å². The van der Waals surface area contributed by atoms with Crippen LogP contribution in [0.15, 0.2) is 22.9 Å². The van der Waals surface area contributed by atoms with Crippen molar-refractivity contribution in [2.75, 3.05) is 13.6 Å². The maximum absolute atomic E-state index is 12.5. The molecule has 2 heterocycles.